The monoisotopic (exact) mass is 310 g/mol. The average molecular weight is 311 g/mol. The van der Waals surface area contributed by atoms with Crippen molar-refractivity contribution in [3.63, 3.8) is 0 Å². The Hall–Kier alpha value is -1.08. The van der Waals surface area contributed by atoms with Crippen LogP contribution in [-0.2, 0) is 0 Å². The van der Waals surface area contributed by atoms with Crippen LogP contribution in [0.4, 0.5) is 10.1 Å². The lowest BCUT2D eigenvalue weighted by molar-refractivity contribution is 0.573. The van der Waals surface area contributed by atoms with Crippen molar-refractivity contribution >= 4 is 21.6 Å². The molecule has 2 nitrogen and oxygen atoms in total. The number of halogens is 2. The van der Waals surface area contributed by atoms with Crippen molar-refractivity contribution in [3.8, 4) is 6.07 Å². The van der Waals surface area contributed by atoms with Crippen LogP contribution in [-0.4, -0.2) is 6.04 Å². The number of hydrogen-bond donors (Lipinski definition) is 1. The van der Waals surface area contributed by atoms with Gasteiger partial charge < -0.3 is 5.32 Å². The maximum atomic E-state index is 14.0. The minimum absolute atomic E-state index is 0.247. The van der Waals surface area contributed by atoms with Crippen molar-refractivity contribution in [1.82, 2.24) is 0 Å². The topological polar surface area (TPSA) is 35.8 Å². The Bertz CT molecular complexity index is 477. The summed E-state index contributed by atoms with van der Waals surface area (Å²) in [6.07, 6.45) is 4.69. The molecule has 1 unspecified atom stereocenters. The highest BCUT2D eigenvalue weighted by atomic mass is 79.9. The summed E-state index contributed by atoms with van der Waals surface area (Å²) in [6, 6.07) is 5.56. The normalized spacial score (nSPS) is 16.1. The summed E-state index contributed by atoms with van der Waals surface area (Å²) in [5.41, 5.74) is 0.807. The van der Waals surface area contributed by atoms with E-state index < -0.39 is 0 Å². The van der Waals surface area contributed by atoms with E-state index in [-0.39, 0.29) is 10.3 Å². The predicted molar refractivity (Wildman–Crippen MR) is 73.9 cm³/mol. The highest BCUT2D eigenvalue weighted by molar-refractivity contribution is 9.10. The minimum atomic E-state index is -0.372. The van der Waals surface area contributed by atoms with Gasteiger partial charge in [0, 0.05) is 6.04 Å². The number of benzene rings is 1. The molecule has 0 saturated heterocycles. The first-order valence-electron chi connectivity index (χ1n) is 6.30. The number of nitrogens with zero attached hydrogens (tertiary/aromatic N) is 1. The van der Waals surface area contributed by atoms with Gasteiger partial charge in [-0.15, -0.1) is 0 Å². The van der Waals surface area contributed by atoms with Crippen molar-refractivity contribution in [2.75, 3.05) is 5.32 Å². The first-order valence-corrected chi connectivity index (χ1v) is 7.09. The molecule has 0 amide bonds. The van der Waals surface area contributed by atoms with E-state index in [9.17, 15) is 4.39 Å². The lowest BCUT2D eigenvalue weighted by atomic mass is 10.1. The molecule has 1 aromatic carbocycles. The maximum absolute atomic E-state index is 14.0. The second-order valence-corrected chi connectivity index (χ2v) is 5.62. The number of rotatable bonds is 5. The van der Waals surface area contributed by atoms with Gasteiger partial charge in [-0.3, -0.25) is 0 Å². The Balaban J connectivity index is 2.12. The molecule has 0 radical (unpaired) electrons. The van der Waals surface area contributed by atoms with Gasteiger partial charge in [0.1, 0.15) is 6.07 Å². The number of nitriles is 1. The van der Waals surface area contributed by atoms with Crippen molar-refractivity contribution in [2.45, 2.75) is 38.6 Å². The van der Waals surface area contributed by atoms with Gasteiger partial charge in [0.05, 0.1) is 15.7 Å². The Morgan fingerprint density at radius 2 is 2.28 bits per heavy atom. The zero-order valence-electron chi connectivity index (χ0n) is 10.3. The van der Waals surface area contributed by atoms with Crippen LogP contribution in [0.2, 0.25) is 0 Å². The van der Waals surface area contributed by atoms with Gasteiger partial charge in [-0.25, -0.2) is 4.39 Å². The van der Waals surface area contributed by atoms with Crippen LogP contribution in [0.5, 0.6) is 0 Å². The first-order chi connectivity index (χ1) is 8.65. The molecule has 1 N–H and O–H groups in total. The fraction of sp³-hybridized carbons (Fsp3) is 0.500. The first kappa shape index (κ1) is 13.4. The smallest absolute Gasteiger partial charge is 0.161 e. The Labute approximate surface area is 115 Å². The molecule has 1 saturated carbocycles. The van der Waals surface area contributed by atoms with Crippen LogP contribution in [0.15, 0.2) is 16.6 Å². The molecule has 1 aromatic rings. The molecule has 0 aliphatic heterocycles. The zero-order chi connectivity index (χ0) is 13.1. The van der Waals surface area contributed by atoms with Crippen LogP contribution < -0.4 is 5.32 Å². The molecule has 4 heteroatoms. The Morgan fingerprint density at radius 1 is 1.56 bits per heavy atom. The molecular formula is C14H16BrFN2. The summed E-state index contributed by atoms with van der Waals surface area (Å²) < 4.78 is 14.3. The van der Waals surface area contributed by atoms with E-state index in [2.05, 4.69) is 28.2 Å². The molecule has 96 valence electrons. The van der Waals surface area contributed by atoms with Gasteiger partial charge in [0.25, 0.3) is 0 Å². The predicted octanol–water partition coefficient (Wildman–Crippen LogP) is 4.45. The fourth-order valence-corrected chi connectivity index (χ4v) is 2.49. The summed E-state index contributed by atoms with van der Waals surface area (Å²) in [5.74, 6) is 0.440. The quantitative estimate of drug-likeness (QED) is 0.872. The highest BCUT2D eigenvalue weighted by Crippen LogP contribution is 2.35. The Morgan fingerprint density at radius 3 is 2.83 bits per heavy atom. The third-order valence-corrected chi connectivity index (χ3v) is 4.15. The van der Waals surface area contributed by atoms with E-state index in [0.717, 1.165) is 18.8 Å². The fourth-order valence-electron chi connectivity index (χ4n) is 2.05. The maximum Gasteiger partial charge on any atom is 0.161 e. The molecule has 0 spiro atoms. The lowest BCUT2D eigenvalue weighted by Crippen LogP contribution is -2.20. The molecule has 0 bridgehead atoms. The van der Waals surface area contributed by atoms with E-state index in [0.29, 0.717) is 17.3 Å². The van der Waals surface area contributed by atoms with Gasteiger partial charge in [0.15, 0.2) is 5.82 Å². The molecule has 0 heterocycles. The van der Waals surface area contributed by atoms with Gasteiger partial charge in [-0.1, -0.05) is 19.8 Å². The van der Waals surface area contributed by atoms with E-state index in [1.165, 1.54) is 12.8 Å². The van der Waals surface area contributed by atoms with Gasteiger partial charge in [0.2, 0.25) is 0 Å². The molecule has 18 heavy (non-hydrogen) atoms. The molecule has 2 rings (SSSR count). The number of nitrogens with one attached hydrogen (secondary N) is 1. The molecule has 1 atom stereocenters. The molecule has 0 aromatic heterocycles. The zero-order valence-corrected chi connectivity index (χ0v) is 11.9. The second-order valence-electron chi connectivity index (χ2n) is 4.83. The van der Waals surface area contributed by atoms with Crippen LogP contribution >= 0.6 is 15.9 Å². The molecular weight excluding hydrogens is 295 g/mol. The summed E-state index contributed by atoms with van der Waals surface area (Å²) >= 11 is 3.13. The largest absolute Gasteiger partial charge is 0.380 e. The third-order valence-electron chi connectivity index (χ3n) is 3.37. The molecule has 1 aliphatic carbocycles. The van der Waals surface area contributed by atoms with Gasteiger partial charge >= 0.3 is 0 Å². The van der Waals surface area contributed by atoms with Gasteiger partial charge in [-0.05, 0) is 46.8 Å². The van der Waals surface area contributed by atoms with Crippen LogP contribution in [0.1, 0.15) is 38.2 Å². The standard InChI is InChI=1S/C14H16BrFN2/c1-2-11(7-9-3-4-9)18-12-6-5-10(8-17)13(15)14(12)16/h5-6,9,11,18H,2-4,7H2,1H3. The molecule has 1 aliphatic rings. The summed E-state index contributed by atoms with van der Waals surface area (Å²) in [6.45, 7) is 2.11. The van der Waals surface area contributed by atoms with E-state index in [1.807, 2.05) is 6.07 Å². The van der Waals surface area contributed by atoms with E-state index >= 15 is 0 Å². The number of anilines is 1. The second kappa shape index (κ2) is 5.71. The molecule has 1 fully saturated rings. The minimum Gasteiger partial charge on any atom is -0.380 e. The summed E-state index contributed by atoms with van der Waals surface area (Å²) in [7, 11) is 0. The average Bonchev–Trinajstić information content (AvgIpc) is 3.18. The SMILES string of the molecule is CCC(CC1CC1)Nc1ccc(C#N)c(Br)c1F. The van der Waals surface area contributed by atoms with Crippen molar-refractivity contribution in [1.29, 1.82) is 5.26 Å². The summed E-state index contributed by atoms with van der Waals surface area (Å²) in [4.78, 5) is 0. The van der Waals surface area contributed by atoms with Crippen molar-refractivity contribution in [2.24, 2.45) is 5.92 Å². The van der Waals surface area contributed by atoms with Crippen molar-refractivity contribution < 1.29 is 4.39 Å². The van der Waals surface area contributed by atoms with E-state index in [1.54, 1.807) is 12.1 Å². The van der Waals surface area contributed by atoms with Crippen LogP contribution in [0.25, 0.3) is 0 Å². The lowest BCUT2D eigenvalue weighted by Gasteiger charge is -2.19. The van der Waals surface area contributed by atoms with Crippen molar-refractivity contribution in [3.05, 3.63) is 28.0 Å². The van der Waals surface area contributed by atoms with Crippen LogP contribution in [0, 0.1) is 23.1 Å². The summed E-state index contributed by atoms with van der Waals surface area (Å²) in [5, 5.41) is 12.1. The number of hydrogen-bond acceptors (Lipinski definition) is 2. The van der Waals surface area contributed by atoms with Gasteiger partial charge in [-0.2, -0.15) is 5.26 Å². The van der Waals surface area contributed by atoms with Crippen LogP contribution in [0.3, 0.4) is 0 Å². The third kappa shape index (κ3) is 3.02. The van der Waals surface area contributed by atoms with E-state index in [4.69, 9.17) is 5.26 Å². The Kier molecular flexibility index (Phi) is 4.23. The highest BCUT2D eigenvalue weighted by Gasteiger charge is 2.25.